The Morgan fingerprint density at radius 3 is 2.56 bits per heavy atom. The van der Waals surface area contributed by atoms with Gasteiger partial charge in [0.15, 0.2) is 11.5 Å². The molecule has 1 amide bonds. The minimum Gasteiger partial charge on any atom is -0.482 e. The van der Waals surface area contributed by atoms with E-state index in [0.29, 0.717) is 28.9 Å². The molecule has 1 aliphatic heterocycles. The number of benzene rings is 2. The molecule has 0 saturated heterocycles. The number of carbonyl (C=O) groups excluding carboxylic acids is 1. The fourth-order valence-electron chi connectivity index (χ4n) is 2.93. The van der Waals surface area contributed by atoms with E-state index in [0.717, 1.165) is 5.56 Å². The summed E-state index contributed by atoms with van der Waals surface area (Å²) < 4.78 is 13.4. The zero-order valence-corrected chi connectivity index (χ0v) is 15.4. The average molecular weight is 384 g/mol. The molecule has 0 radical (unpaired) electrons. The summed E-state index contributed by atoms with van der Waals surface area (Å²) in [6.07, 6.45) is 0.481. The van der Waals surface area contributed by atoms with Crippen LogP contribution in [0.25, 0.3) is 0 Å². The van der Waals surface area contributed by atoms with E-state index in [1.54, 1.807) is 23.0 Å². The van der Waals surface area contributed by atoms with E-state index in [9.17, 15) is 4.79 Å². The van der Waals surface area contributed by atoms with Crippen LogP contribution < -0.4 is 14.8 Å². The third-order valence-corrected chi connectivity index (χ3v) is 4.57. The van der Waals surface area contributed by atoms with E-state index in [-0.39, 0.29) is 5.91 Å². The zero-order chi connectivity index (χ0) is 18.8. The van der Waals surface area contributed by atoms with Gasteiger partial charge in [0.1, 0.15) is 11.9 Å². The van der Waals surface area contributed by atoms with Crippen LogP contribution in [0, 0.1) is 0 Å². The average Bonchev–Trinajstić information content (AvgIpc) is 3.09. The summed E-state index contributed by atoms with van der Waals surface area (Å²) in [5, 5.41) is 7.84. The van der Waals surface area contributed by atoms with Crippen LogP contribution in [0.4, 0.5) is 5.82 Å². The molecule has 27 heavy (non-hydrogen) atoms. The molecule has 0 bridgehead atoms. The molecule has 1 aromatic heterocycles. The number of halogens is 1. The molecule has 0 spiro atoms. The monoisotopic (exact) mass is 383 g/mol. The lowest BCUT2D eigenvalue weighted by Gasteiger charge is -2.31. The van der Waals surface area contributed by atoms with Crippen LogP contribution in [0.15, 0.2) is 60.8 Å². The van der Waals surface area contributed by atoms with E-state index in [1.165, 1.54) is 0 Å². The first-order valence-electron chi connectivity index (χ1n) is 8.59. The molecule has 1 N–H and O–H groups in total. The Balaban J connectivity index is 1.47. The van der Waals surface area contributed by atoms with Gasteiger partial charge >= 0.3 is 0 Å². The standard InChI is InChI=1S/C20H18ClN3O3/c1-13-19(27-17-5-3-2-4-16(17)26-13)20(25)23-18-10-11-22-24(18)12-14-6-8-15(21)9-7-14/h2-11,13,19H,12H2,1H3,(H,23,25)/t13-,19-/m1/s1. The number of para-hydroxylation sites is 2. The van der Waals surface area contributed by atoms with E-state index in [2.05, 4.69) is 10.4 Å². The minimum atomic E-state index is -0.751. The number of nitrogens with zero attached hydrogens (tertiary/aromatic N) is 2. The molecule has 0 fully saturated rings. The molecule has 7 heteroatoms. The number of hydrogen-bond acceptors (Lipinski definition) is 4. The maximum atomic E-state index is 12.8. The molecule has 2 atom stereocenters. The van der Waals surface area contributed by atoms with Crippen molar-refractivity contribution >= 4 is 23.3 Å². The first-order chi connectivity index (χ1) is 13.1. The lowest BCUT2D eigenvalue weighted by atomic mass is 10.1. The van der Waals surface area contributed by atoms with E-state index in [4.69, 9.17) is 21.1 Å². The molecule has 2 heterocycles. The van der Waals surface area contributed by atoms with Crippen LogP contribution in [0.3, 0.4) is 0 Å². The van der Waals surface area contributed by atoms with Crippen molar-refractivity contribution in [2.45, 2.75) is 25.7 Å². The summed E-state index contributed by atoms with van der Waals surface area (Å²) in [7, 11) is 0. The lowest BCUT2D eigenvalue weighted by molar-refractivity contribution is -0.128. The van der Waals surface area contributed by atoms with Crippen molar-refractivity contribution in [3.63, 3.8) is 0 Å². The Morgan fingerprint density at radius 2 is 1.81 bits per heavy atom. The third-order valence-electron chi connectivity index (χ3n) is 4.31. The fraction of sp³-hybridized carbons (Fsp3) is 0.200. The normalized spacial score (nSPS) is 18.1. The zero-order valence-electron chi connectivity index (χ0n) is 14.6. The first-order valence-corrected chi connectivity index (χ1v) is 8.97. The van der Waals surface area contributed by atoms with Gasteiger partial charge in [-0.1, -0.05) is 35.9 Å². The molecule has 0 saturated carbocycles. The van der Waals surface area contributed by atoms with Gasteiger partial charge in [0, 0.05) is 11.1 Å². The van der Waals surface area contributed by atoms with Gasteiger partial charge in [-0.25, -0.2) is 4.68 Å². The van der Waals surface area contributed by atoms with Crippen molar-refractivity contribution in [3.8, 4) is 11.5 Å². The molecule has 4 rings (SSSR count). The second-order valence-corrected chi connectivity index (χ2v) is 6.73. The summed E-state index contributed by atoms with van der Waals surface area (Å²) in [5.41, 5.74) is 1.03. The van der Waals surface area contributed by atoms with Gasteiger partial charge < -0.3 is 14.8 Å². The summed E-state index contributed by atoms with van der Waals surface area (Å²) in [6.45, 7) is 2.32. The van der Waals surface area contributed by atoms with Crippen LogP contribution in [-0.4, -0.2) is 27.9 Å². The van der Waals surface area contributed by atoms with Gasteiger partial charge in [-0.2, -0.15) is 5.10 Å². The van der Waals surface area contributed by atoms with Gasteiger partial charge in [-0.15, -0.1) is 0 Å². The number of carbonyl (C=O) groups is 1. The van der Waals surface area contributed by atoms with Crippen molar-refractivity contribution in [1.29, 1.82) is 0 Å². The molecule has 3 aromatic rings. The van der Waals surface area contributed by atoms with Crippen molar-refractivity contribution in [3.05, 3.63) is 71.4 Å². The van der Waals surface area contributed by atoms with Crippen LogP contribution in [0.1, 0.15) is 12.5 Å². The Hall–Kier alpha value is -2.99. The lowest BCUT2D eigenvalue weighted by Crippen LogP contribution is -2.46. The SMILES string of the molecule is C[C@H]1Oc2ccccc2O[C@H]1C(=O)Nc1ccnn1Cc1ccc(Cl)cc1. The number of ether oxygens (including phenoxy) is 2. The maximum absolute atomic E-state index is 12.8. The van der Waals surface area contributed by atoms with Crippen LogP contribution in [0.2, 0.25) is 5.02 Å². The van der Waals surface area contributed by atoms with E-state index >= 15 is 0 Å². The van der Waals surface area contributed by atoms with Gasteiger partial charge in [0.25, 0.3) is 5.91 Å². The number of aromatic nitrogens is 2. The molecule has 2 aromatic carbocycles. The summed E-state index contributed by atoms with van der Waals surface area (Å²) in [4.78, 5) is 12.8. The Bertz CT molecular complexity index is 955. The summed E-state index contributed by atoms with van der Waals surface area (Å²) >= 11 is 5.92. The Morgan fingerprint density at radius 1 is 1.11 bits per heavy atom. The van der Waals surface area contributed by atoms with Gasteiger partial charge in [0.2, 0.25) is 6.10 Å². The summed E-state index contributed by atoms with van der Waals surface area (Å²) in [5.74, 6) is 1.51. The largest absolute Gasteiger partial charge is 0.482 e. The highest BCUT2D eigenvalue weighted by Crippen LogP contribution is 2.33. The number of amides is 1. The number of hydrogen-bond donors (Lipinski definition) is 1. The maximum Gasteiger partial charge on any atom is 0.270 e. The van der Waals surface area contributed by atoms with Gasteiger partial charge in [0.05, 0.1) is 12.7 Å². The van der Waals surface area contributed by atoms with Crippen LogP contribution in [0.5, 0.6) is 11.5 Å². The van der Waals surface area contributed by atoms with Crippen molar-refractivity contribution in [2.24, 2.45) is 0 Å². The number of anilines is 1. The summed E-state index contributed by atoms with van der Waals surface area (Å²) in [6, 6.07) is 16.6. The van der Waals surface area contributed by atoms with Crippen molar-refractivity contribution in [2.75, 3.05) is 5.32 Å². The highest BCUT2D eigenvalue weighted by molar-refractivity contribution is 6.30. The van der Waals surface area contributed by atoms with E-state index < -0.39 is 12.2 Å². The highest BCUT2D eigenvalue weighted by Gasteiger charge is 2.34. The molecule has 138 valence electrons. The Kier molecular flexibility index (Phi) is 4.73. The predicted molar refractivity (Wildman–Crippen MR) is 102 cm³/mol. The highest BCUT2D eigenvalue weighted by atomic mass is 35.5. The second-order valence-electron chi connectivity index (χ2n) is 6.30. The molecule has 0 unspecified atom stereocenters. The van der Waals surface area contributed by atoms with Crippen molar-refractivity contribution < 1.29 is 14.3 Å². The van der Waals surface area contributed by atoms with E-state index in [1.807, 2.05) is 49.4 Å². The number of nitrogens with one attached hydrogen (secondary N) is 1. The topological polar surface area (TPSA) is 65.4 Å². The number of fused-ring (bicyclic) bond motifs is 1. The molecule has 6 nitrogen and oxygen atoms in total. The molecular formula is C20H18ClN3O3. The quantitative estimate of drug-likeness (QED) is 0.745. The Labute approximate surface area is 161 Å². The van der Waals surface area contributed by atoms with Crippen LogP contribution in [-0.2, 0) is 11.3 Å². The van der Waals surface area contributed by atoms with Crippen LogP contribution >= 0.6 is 11.6 Å². The number of rotatable bonds is 4. The first kappa shape index (κ1) is 17.4. The van der Waals surface area contributed by atoms with Gasteiger partial charge in [-0.3, -0.25) is 4.79 Å². The molecular weight excluding hydrogens is 366 g/mol. The fourth-order valence-corrected chi connectivity index (χ4v) is 3.06. The van der Waals surface area contributed by atoms with Crippen molar-refractivity contribution in [1.82, 2.24) is 9.78 Å². The minimum absolute atomic E-state index is 0.283. The predicted octanol–water partition coefficient (Wildman–Crippen LogP) is 3.75. The molecule has 0 aliphatic carbocycles. The van der Waals surface area contributed by atoms with Gasteiger partial charge in [-0.05, 0) is 36.8 Å². The third kappa shape index (κ3) is 3.75. The molecule has 1 aliphatic rings. The second kappa shape index (κ2) is 7.32. The smallest absolute Gasteiger partial charge is 0.270 e.